The minimum Gasteiger partial charge on any atom is -0.368 e. The lowest BCUT2D eigenvalue weighted by atomic mass is 9.86. The van der Waals surface area contributed by atoms with Gasteiger partial charge in [0.25, 0.3) is 0 Å². The number of hydrogen-bond donors (Lipinski definition) is 2. The van der Waals surface area contributed by atoms with E-state index in [0.717, 1.165) is 17.9 Å². The number of nitrogens with two attached hydrogens (primary N) is 2. The number of primary amides is 1. The zero-order chi connectivity index (χ0) is 8.48. The molecule has 1 rings (SSSR count). The number of amides is 1. The van der Waals surface area contributed by atoms with Gasteiger partial charge in [-0.1, -0.05) is 0 Å². The SMILES string of the molecule is CC(N)(C(N)=O)C1CCSC1. The van der Waals surface area contributed by atoms with Crippen molar-refractivity contribution in [2.45, 2.75) is 18.9 Å². The van der Waals surface area contributed by atoms with Crippen molar-refractivity contribution in [2.75, 3.05) is 11.5 Å². The summed E-state index contributed by atoms with van der Waals surface area (Å²) in [6, 6.07) is 0. The Morgan fingerprint density at radius 1 is 1.73 bits per heavy atom. The lowest BCUT2D eigenvalue weighted by Crippen LogP contribution is -2.55. The molecule has 0 saturated carbocycles. The van der Waals surface area contributed by atoms with Crippen molar-refractivity contribution < 1.29 is 4.79 Å². The van der Waals surface area contributed by atoms with Gasteiger partial charge in [0.15, 0.2) is 0 Å². The van der Waals surface area contributed by atoms with Gasteiger partial charge in [-0.05, 0) is 30.8 Å². The number of carbonyl (C=O) groups is 1. The molecule has 1 aliphatic rings. The third-order valence-corrected chi connectivity index (χ3v) is 3.47. The fraction of sp³-hybridized carbons (Fsp3) is 0.857. The van der Waals surface area contributed by atoms with Crippen LogP contribution < -0.4 is 11.5 Å². The summed E-state index contributed by atoms with van der Waals surface area (Å²) in [5.41, 5.74) is 10.2. The van der Waals surface area contributed by atoms with Gasteiger partial charge in [-0.2, -0.15) is 11.8 Å². The standard InChI is InChI=1S/C7H14N2OS/c1-7(9,6(8)10)5-2-3-11-4-5/h5H,2-4,9H2,1H3,(H2,8,10). The molecule has 3 nitrogen and oxygen atoms in total. The van der Waals surface area contributed by atoms with Crippen molar-refractivity contribution >= 4 is 17.7 Å². The van der Waals surface area contributed by atoms with E-state index in [1.807, 2.05) is 11.8 Å². The van der Waals surface area contributed by atoms with E-state index >= 15 is 0 Å². The van der Waals surface area contributed by atoms with E-state index in [1.165, 1.54) is 0 Å². The molecule has 0 aromatic rings. The minimum atomic E-state index is -0.802. The van der Waals surface area contributed by atoms with E-state index in [9.17, 15) is 4.79 Å². The molecule has 0 aliphatic carbocycles. The van der Waals surface area contributed by atoms with Crippen LogP contribution in [0.25, 0.3) is 0 Å². The van der Waals surface area contributed by atoms with Crippen LogP contribution in [-0.4, -0.2) is 23.0 Å². The van der Waals surface area contributed by atoms with E-state index in [0.29, 0.717) is 0 Å². The highest BCUT2D eigenvalue weighted by atomic mass is 32.2. The summed E-state index contributed by atoms with van der Waals surface area (Å²) in [6.45, 7) is 1.73. The molecule has 0 radical (unpaired) electrons. The van der Waals surface area contributed by atoms with Crippen molar-refractivity contribution in [2.24, 2.45) is 17.4 Å². The maximum Gasteiger partial charge on any atom is 0.237 e. The summed E-state index contributed by atoms with van der Waals surface area (Å²) >= 11 is 1.84. The van der Waals surface area contributed by atoms with Crippen LogP contribution in [-0.2, 0) is 4.79 Å². The summed E-state index contributed by atoms with van der Waals surface area (Å²) < 4.78 is 0. The maximum atomic E-state index is 10.9. The quantitative estimate of drug-likeness (QED) is 0.616. The number of carbonyl (C=O) groups excluding carboxylic acids is 1. The molecule has 1 heterocycles. The molecule has 2 atom stereocenters. The lowest BCUT2D eigenvalue weighted by Gasteiger charge is -2.26. The molecule has 11 heavy (non-hydrogen) atoms. The Bertz CT molecular complexity index is 164. The van der Waals surface area contributed by atoms with Crippen molar-refractivity contribution in [3.63, 3.8) is 0 Å². The van der Waals surface area contributed by atoms with Crippen LogP contribution in [0.4, 0.5) is 0 Å². The molecule has 64 valence electrons. The number of rotatable bonds is 2. The molecule has 0 aromatic carbocycles. The van der Waals surface area contributed by atoms with Crippen molar-refractivity contribution in [1.82, 2.24) is 0 Å². The van der Waals surface area contributed by atoms with Gasteiger partial charge < -0.3 is 11.5 Å². The Morgan fingerprint density at radius 2 is 2.36 bits per heavy atom. The molecular weight excluding hydrogens is 160 g/mol. The fourth-order valence-electron chi connectivity index (χ4n) is 1.21. The molecule has 2 unspecified atom stereocenters. The Balaban J connectivity index is 2.62. The summed E-state index contributed by atoms with van der Waals surface area (Å²) in [7, 11) is 0. The van der Waals surface area contributed by atoms with Gasteiger partial charge in [-0.3, -0.25) is 4.79 Å². The smallest absolute Gasteiger partial charge is 0.237 e. The monoisotopic (exact) mass is 174 g/mol. The summed E-state index contributed by atoms with van der Waals surface area (Å²) in [4.78, 5) is 10.9. The lowest BCUT2D eigenvalue weighted by molar-refractivity contribution is -0.124. The van der Waals surface area contributed by atoms with Gasteiger partial charge in [-0.15, -0.1) is 0 Å². The first-order valence-electron chi connectivity index (χ1n) is 3.71. The number of hydrogen-bond acceptors (Lipinski definition) is 3. The first kappa shape index (κ1) is 8.87. The Hall–Kier alpha value is -0.220. The predicted molar refractivity (Wildman–Crippen MR) is 47.2 cm³/mol. The van der Waals surface area contributed by atoms with Crippen LogP contribution >= 0.6 is 11.8 Å². The van der Waals surface area contributed by atoms with Crippen LogP contribution in [0.1, 0.15) is 13.3 Å². The van der Waals surface area contributed by atoms with Crippen LogP contribution in [0, 0.1) is 5.92 Å². The molecular formula is C7H14N2OS. The molecule has 4 N–H and O–H groups in total. The van der Waals surface area contributed by atoms with Gasteiger partial charge in [0, 0.05) is 0 Å². The molecule has 1 aliphatic heterocycles. The van der Waals surface area contributed by atoms with Crippen LogP contribution in [0.5, 0.6) is 0 Å². The Kier molecular flexibility index (Phi) is 2.44. The minimum absolute atomic E-state index is 0.269. The highest BCUT2D eigenvalue weighted by molar-refractivity contribution is 7.99. The molecule has 4 heteroatoms. The molecule has 1 fully saturated rings. The van der Waals surface area contributed by atoms with Crippen LogP contribution in [0.3, 0.4) is 0 Å². The molecule has 0 spiro atoms. The zero-order valence-electron chi connectivity index (χ0n) is 6.67. The second-order valence-corrected chi connectivity index (χ2v) is 4.36. The summed E-state index contributed by atoms with van der Waals surface area (Å²) in [5.74, 6) is 1.95. The highest BCUT2D eigenvalue weighted by Gasteiger charge is 2.37. The van der Waals surface area contributed by atoms with E-state index in [4.69, 9.17) is 11.5 Å². The average Bonchev–Trinajstić information content (AvgIpc) is 2.37. The van der Waals surface area contributed by atoms with Gasteiger partial charge in [0.2, 0.25) is 5.91 Å². The Morgan fingerprint density at radius 3 is 2.73 bits per heavy atom. The van der Waals surface area contributed by atoms with Crippen molar-refractivity contribution in [3.8, 4) is 0 Å². The maximum absolute atomic E-state index is 10.9. The van der Waals surface area contributed by atoms with Gasteiger partial charge in [-0.25, -0.2) is 0 Å². The molecule has 0 bridgehead atoms. The summed E-state index contributed by atoms with van der Waals surface area (Å²) in [6.07, 6.45) is 1.01. The first-order valence-corrected chi connectivity index (χ1v) is 4.87. The van der Waals surface area contributed by atoms with E-state index < -0.39 is 5.54 Å². The van der Waals surface area contributed by atoms with E-state index in [2.05, 4.69) is 0 Å². The van der Waals surface area contributed by atoms with Crippen LogP contribution in [0.2, 0.25) is 0 Å². The zero-order valence-corrected chi connectivity index (χ0v) is 7.49. The normalized spacial score (nSPS) is 29.8. The van der Waals surface area contributed by atoms with E-state index in [1.54, 1.807) is 6.92 Å². The Labute approximate surface area is 70.9 Å². The largest absolute Gasteiger partial charge is 0.368 e. The van der Waals surface area contributed by atoms with Crippen molar-refractivity contribution in [1.29, 1.82) is 0 Å². The molecule has 0 aromatic heterocycles. The second-order valence-electron chi connectivity index (χ2n) is 3.21. The predicted octanol–water partition coefficient (Wildman–Crippen LogP) is -0.0578. The number of thioether (sulfide) groups is 1. The summed E-state index contributed by atoms with van der Waals surface area (Å²) in [5, 5.41) is 0. The molecule has 1 amide bonds. The van der Waals surface area contributed by atoms with Gasteiger partial charge in [0.05, 0.1) is 5.54 Å². The van der Waals surface area contributed by atoms with E-state index in [-0.39, 0.29) is 11.8 Å². The third kappa shape index (κ3) is 1.68. The van der Waals surface area contributed by atoms with Crippen molar-refractivity contribution in [3.05, 3.63) is 0 Å². The molecule has 1 saturated heterocycles. The third-order valence-electron chi connectivity index (χ3n) is 2.31. The van der Waals surface area contributed by atoms with Gasteiger partial charge in [0.1, 0.15) is 0 Å². The van der Waals surface area contributed by atoms with Gasteiger partial charge >= 0.3 is 0 Å². The van der Waals surface area contributed by atoms with Crippen LogP contribution in [0.15, 0.2) is 0 Å². The highest BCUT2D eigenvalue weighted by Crippen LogP contribution is 2.30. The topological polar surface area (TPSA) is 69.1 Å². The first-order chi connectivity index (χ1) is 5.05. The average molecular weight is 174 g/mol. The fourth-order valence-corrected chi connectivity index (χ4v) is 2.62. The second kappa shape index (κ2) is 3.03.